The van der Waals surface area contributed by atoms with Crippen molar-refractivity contribution in [1.82, 2.24) is 4.90 Å². The van der Waals surface area contributed by atoms with Crippen LogP contribution in [0.5, 0.6) is 5.75 Å². The summed E-state index contributed by atoms with van der Waals surface area (Å²) in [6.45, 7) is 1.97. The van der Waals surface area contributed by atoms with Crippen LogP contribution in [0.25, 0.3) is 6.08 Å². The number of nitriles is 1. The summed E-state index contributed by atoms with van der Waals surface area (Å²) in [4.78, 5) is 27.5. The third-order valence-corrected chi connectivity index (χ3v) is 5.89. The Hall–Kier alpha value is -2.83. The number of hydrogen-bond donors (Lipinski definition) is 1. The monoisotopic (exact) mass is 547 g/mol. The van der Waals surface area contributed by atoms with Gasteiger partial charge in [-0.1, -0.05) is 18.2 Å². The highest BCUT2D eigenvalue weighted by atomic mass is 79.9. The van der Waals surface area contributed by atoms with E-state index in [4.69, 9.17) is 9.84 Å². The zero-order valence-electron chi connectivity index (χ0n) is 16.4. The maximum atomic E-state index is 12.9. The molecule has 9 heteroatoms. The maximum absolute atomic E-state index is 12.9. The van der Waals surface area contributed by atoms with Crippen LogP contribution >= 0.6 is 31.9 Å². The predicted octanol–water partition coefficient (Wildman–Crippen LogP) is 3.93. The van der Waals surface area contributed by atoms with Crippen LogP contribution in [0.4, 0.5) is 5.69 Å². The Morgan fingerprint density at radius 2 is 1.71 bits per heavy atom. The lowest BCUT2D eigenvalue weighted by atomic mass is 10.1. The zero-order valence-corrected chi connectivity index (χ0v) is 19.6. The van der Waals surface area contributed by atoms with Gasteiger partial charge < -0.3 is 19.6 Å². The van der Waals surface area contributed by atoms with Crippen LogP contribution in [0.1, 0.15) is 5.56 Å². The van der Waals surface area contributed by atoms with E-state index < -0.39 is 12.6 Å². The molecule has 1 aliphatic heterocycles. The minimum absolute atomic E-state index is 0.0335. The van der Waals surface area contributed by atoms with Crippen LogP contribution in [-0.4, -0.2) is 54.7 Å². The number of amides is 1. The molecule has 0 saturated carbocycles. The first kappa shape index (κ1) is 22.8. The van der Waals surface area contributed by atoms with Crippen molar-refractivity contribution in [3.63, 3.8) is 0 Å². The third-order valence-electron chi connectivity index (χ3n) is 4.71. The number of rotatable bonds is 6. The molecule has 1 saturated heterocycles. The number of anilines is 1. The number of carboxylic acid groups (broad SMARTS) is 1. The summed E-state index contributed by atoms with van der Waals surface area (Å²) >= 11 is 6.68. The number of piperazine rings is 1. The summed E-state index contributed by atoms with van der Waals surface area (Å²) in [7, 11) is 0. The Labute approximate surface area is 196 Å². The summed E-state index contributed by atoms with van der Waals surface area (Å²) in [5.74, 6) is -1.07. The fourth-order valence-electron chi connectivity index (χ4n) is 3.22. The van der Waals surface area contributed by atoms with Gasteiger partial charge in [0.15, 0.2) is 6.61 Å². The van der Waals surface area contributed by atoms with E-state index in [-0.39, 0.29) is 11.5 Å². The highest BCUT2D eigenvalue weighted by molar-refractivity contribution is 9.11. The molecule has 1 fully saturated rings. The molecule has 0 atom stereocenters. The predicted molar refractivity (Wildman–Crippen MR) is 124 cm³/mol. The first-order valence-electron chi connectivity index (χ1n) is 9.43. The van der Waals surface area contributed by atoms with Crippen LogP contribution < -0.4 is 9.64 Å². The number of nitrogens with zero attached hydrogens (tertiary/aromatic N) is 3. The van der Waals surface area contributed by atoms with Gasteiger partial charge in [-0.2, -0.15) is 5.26 Å². The molecule has 7 nitrogen and oxygen atoms in total. The topological polar surface area (TPSA) is 93.9 Å². The van der Waals surface area contributed by atoms with E-state index in [2.05, 4.69) is 36.8 Å². The van der Waals surface area contributed by atoms with E-state index in [0.29, 0.717) is 46.4 Å². The second-order valence-electron chi connectivity index (χ2n) is 6.78. The lowest BCUT2D eigenvalue weighted by molar-refractivity contribution is -0.139. The molecule has 1 heterocycles. The van der Waals surface area contributed by atoms with E-state index in [0.717, 1.165) is 5.69 Å². The largest absolute Gasteiger partial charge is 0.480 e. The smallest absolute Gasteiger partial charge is 0.341 e. The van der Waals surface area contributed by atoms with E-state index in [9.17, 15) is 14.9 Å². The standard InChI is InChI=1S/C22H19Br2N3O4/c23-18-11-15(12-19(24)21(18)31-14-20(28)29)10-16(13-25)22(30)27-8-6-26(7-9-27)17-4-2-1-3-5-17/h1-5,10-12H,6-9,14H2,(H,28,29)/b16-10-. The van der Waals surface area contributed by atoms with Gasteiger partial charge in [0.25, 0.3) is 5.91 Å². The van der Waals surface area contributed by atoms with Gasteiger partial charge in [0.2, 0.25) is 0 Å². The molecule has 1 aliphatic rings. The van der Waals surface area contributed by atoms with E-state index in [1.165, 1.54) is 6.08 Å². The van der Waals surface area contributed by atoms with Crippen molar-refractivity contribution in [2.75, 3.05) is 37.7 Å². The van der Waals surface area contributed by atoms with E-state index in [1.807, 2.05) is 36.4 Å². The highest BCUT2D eigenvalue weighted by Gasteiger charge is 2.24. The molecule has 0 radical (unpaired) electrons. The van der Waals surface area contributed by atoms with Crippen LogP contribution in [0, 0.1) is 11.3 Å². The molecule has 0 aliphatic carbocycles. The Balaban J connectivity index is 1.71. The number of hydrogen-bond acceptors (Lipinski definition) is 5. The normalized spacial score (nSPS) is 14.2. The maximum Gasteiger partial charge on any atom is 0.341 e. The average Bonchev–Trinajstić information content (AvgIpc) is 2.77. The minimum Gasteiger partial charge on any atom is -0.480 e. The number of halogens is 2. The van der Waals surface area contributed by atoms with Gasteiger partial charge in [-0.3, -0.25) is 4.79 Å². The number of carboxylic acids is 1. The Morgan fingerprint density at radius 1 is 1.10 bits per heavy atom. The number of benzene rings is 2. The molecule has 0 aromatic heterocycles. The summed E-state index contributed by atoms with van der Waals surface area (Å²) in [6.07, 6.45) is 1.52. The Bertz CT molecular complexity index is 1020. The third kappa shape index (κ3) is 5.87. The molecule has 2 aromatic carbocycles. The SMILES string of the molecule is N#C/C(=C/c1cc(Br)c(OCC(=O)O)c(Br)c1)C(=O)N1CCN(c2ccccc2)CC1. The highest BCUT2D eigenvalue weighted by Crippen LogP contribution is 2.35. The molecule has 3 rings (SSSR count). The molecular weight excluding hydrogens is 530 g/mol. The summed E-state index contributed by atoms with van der Waals surface area (Å²) < 4.78 is 6.27. The minimum atomic E-state index is -1.09. The number of carbonyl (C=O) groups is 2. The van der Waals surface area contributed by atoms with Crippen molar-refractivity contribution in [1.29, 1.82) is 5.26 Å². The molecule has 1 N–H and O–H groups in total. The quantitative estimate of drug-likeness (QED) is 0.434. The number of carbonyl (C=O) groups excluding carboxylic acids is 1. The van der Waals surface area contributed by atoms with Gasteiger partial charge in [-0.15, -0.1) is 0 Å². The van der Waals surface area contributed by atoms with Crippen LogP contribution in [-0.2, 0) is 9.59 Å². The molecule has 0 spiro atoms. The van der Waals surface area contributed by atoms with Crippen molar-refractivity contribution in [2.24, 2.45) is 0 Å². The zero-order chi connectivity index (χ0) is 22.4. The summed E-state index contributed by atoms with van der Waals surface area (Å²) in [5, 5.41) is 18.3. The van der Waals surface area contributed by atoms with Crippen molar-refractivity contribution < 1.29 is 19.4 Å². The first-order valence-corrected chi connectivity index (χ1v) is 11.0. The molecular formula is C22H19Br2N3O4. The lowest BCUT2D eigenvalue weighted by Gasteiger charge is -2.36. The molecule has 31 heavy (non-hydrogen) atoms. The fraction of sp³-hybridized carbons (Fsp3) is 0.227. The first-order chi connectivity index (χ1) is 14.9. The molecule has 0 bridgehead atoms. The van der Waals surface area contributed by atoms with Crippen molar-refractivity contribution in [3.8, 4) is 11.8 Å². The van der Waals surface area contributed by atoms with Crippen molar-refractivity contribution in [2.45, 2.75) is 0 Å². The van der Waals surface area contributed by atoms with Gasteiger partial charge in [-0.25, -0.2) is 4.79 Å². The van der Waals surface area contributed by atoms with Crippen LogP contribution in [0.15, 0.2) is 57.0 Å². The lowest BCUT2D eigenvalue weighted by Crippen LogP contribution is -2.49. The van der Waals surface area contributed by atoms with Crippen LogP contribution in [0.3, 0.4) is 0 Å². The van der Waals surface area contributed by atoms with Gasteiger partial charge in [0, 0.05) is 31.9 Å². The molecule has 0 unspecified atom stereocenters. The van der Waals surface area contributed by atoms with Gasteiger partial charge in [0.1, 0.15) is 17.4 Å². The van der Waals surface area contributed by atoms with E-state index >= 15 is 0 Å². The van der Waals surface area contributed by atoms with Gasteiger partial charge >= 0.3 is 5.97 Å². The number of aliphatic carboxylic acids is 1. The second kappa shape index (κ2) is 10.5. The van der Waals surface area contributed by atoms with Crippen LogP contribution in [0.2, 0.25) is 0 Å². The molecule has 2 aromatic rings. The number of ether oxygens (including phenoxy) is 1. The molecule has 1 amide bonds. The van der Waals surface area contributed by atoms with Crippen molar-refractivity contribution >= 4 is 55.5 Å². The van der Waals surface area contributed by atoms with E-state index in [1.54, 1.807) is 17.0 Å². The summed E-state index contributed by atoms with van der Waals surface area (Å²) in [5.41, 5.74) is 1.76. The summed E-state index contributed by atoms with van der Waals surface area (Å²) in [6, 6.07) is 15.3. The van der Waals surface area contributed by atoms with Crippen molar-refractivity contribution in [3.05, 3.63) is 62.5 Å². The van der Waals surface area contributed by atoms with Gasteiger partial charge in [-0.05, 0) is 67.8 Å². The Kier molecular flexibility index (Phi) is 7.71. The number of para-hydroxylation sites is 1. The fourth-order valence-corrected chi connectivity index (χ4v) is 4.67. The Morgan fingerprint density at radius 3 is 2.26 bits per heavy atom. The second-order valence-corrected chi connectivity index (χ2v) is 8.49. The van der Waals surface area contributed by atoms with Gasteiger partial charge in [0.05, 0.1) is 8.95 Å². The molecule has 160 valence electrons. The average molecular weight is 549 g/mol.